The van der Waals surface area contributed by atoms with Crippen molar-refractivity contribution in [1.29, 1.82) is 0 Å². The zero-order chi connectivity index (χ0) is 25.8. The molecular formula is C30H35N3O3S. The third-order valence-corrected chi connectivity index (χ3v) is 7.94. The van der Waals surface area contributed by atoms with Crippen molar-refractivity contribution < 1.29 is 14.0 Å². The molecule has 7 heteroatoms. The Labute approximate surface area is 224 Å². The van der Waals surface area contributed by atoms with Crippen molar-refractivity contribution in [1.82, 2.24) is 14.5 Å². The summed E-state index contributed by atoms with van der Waals surface area (Å²) in [7, 11) is 0. The number of rotatable bonds is 9. The SMILES string of the molecule is CCN1CC2(CC(Oc3ccc(-c4ccc(C#CC(CO)n5ccnc5[C@H](C)OSC)cc4)cc3)C2)C1. The summed E-state index contributed by atoms with van der Waals surface area (Å²) in [6.45, 7) is 7.70. The fourth-order valence-electron chi connectivity index (χ4n) is 5.50. The Morgan fingerprint density at radius 2 is 1.78 bits per heavy atom. The van der Waals surface area contributed by atoms with Crippen molar-refractivity contribution in [3.63, 3.8) is 0 Å². The van der Waals surface area contributed by atoms with Crippen LogP contribution in [0.1, 0.15) is 50.2 Å². The van der Waals surface area contributed by atoms with Crippen molar-refractivity contribution in [2.24, 2.45) is 5.41 Å². The van der Waals surface area contributed by atoms with Crippen molar-refractivity contribution in [2.45, 2.75) is 44.9 Å². The van der Waals surface area contributed by atoms with Crippen LogP contribution in [-0.4, -0.2) is 58.2 Å². The molecule has 3 aromatic rings. The van der Waals surface area contributed by atoms with E-state index in [1.807, 2.05) is 36.1 Å². The summed E-state index contributed by atoms with van der Waals surface area (Å²) in [4.78, 5) is 6.89. The molecule has 194 valence electrons. The topological polar surface area (TPSA) is 59.8 Å². The summed E-state index contributed by atoms with van der Waals surface area (Å²) in [5, 5.41) is 9.95. The lowest BCUT2D eigenvalue weighted by Gasteiger charge is -2.58. The maximum atomic E-state index is 9.95. The van der Waals surface area contributed by atoms with Crippen LogP contribution in [0.5, 0.6) is 5.75 Å². The number of aliphatic hydroxyl groups excluding tert-OH is 1. The number of aliphatic hydroxyl groups is 1. The molecule has 1 aliphatic heterocycles. The zero-order valence-electron chi connectivity index (χ0n) is 21.8. The normalized spacial score (nSPS) is 18.4. The molecule has 2 heterocycles. The van der Waals surface area contributed by atoms with Crippen LogP contribution in [0.25, 0.3) is 11.1 Å². The number of nitrogens with zero attached hydrogens (tertiary/aromatic N) is 3. The summed E-state index contributed by atoms with van der Waals surface area (Å²) in [5.74, 6) is 8.07. The zero-order valence-corrected chi connectivity index (χ0v) is 22.6. The highest BCUT2D eigenvalue weighted by Crippen LogP contribution is 2.49. The van der Waals surface area contributed by atoms with E-state index >= 15 is 0 Å². The van der Waals surface area contributed by atoms with Crippen LogP contribution in [0, 0.1) is 17.3 Å². The van der Waals surface area contributed by atoms with E-state index < -0.39 is 6.04 Å². The molecular weight excluding hydrogens is 482 g/mol. The van der Waals surface area contributed by atoms with Gasteiger partial charge in [-0.15, -0.1) is 0 Å². The molecule has 1 saturated carbocycles. The lowest BCUT2D eigenvalue weighted by Crippen LogP contribution is -2.64. The summed E-state index contributed by atoms with van der Waals surface area (Å²) in [5.41, 5.74) is 3.71. The Balaban J connectivity index is 1.18. The fourth-order valence-corrected chi connectivity index (χ4v) is 5.87. The number of likely N-dealkylation sites (tertiary alicyclic amines) is 1. The highest BCUT2D eigenvalue weighted by Gasteiger charge is 2.52. The molecule has 2 fully saturated rings. The second kappa shape index (κ2) is 11.3. The van der Waals surface area contributed by atoms with Gasteiger partial charge in [0, 0.05) is 42.7 Å². The predicted octanol–water partition coefficient (Wildman–Crippen LogP) is 5.35. The lowest BCUT2D eigenvalue weighted by molar-refractivity contribution is -0.117. The first kappa shape index (κ1) is 25.9. The number of hydrogen-bond donors (Lipinski definition) is 1. The van der Waals surface area contributed by atoms with E-state index in [-0.39, 0.29) is 12.7 Å². The van der Waals surface area contributed by atoms with Gasteiger partial charge in [-0.05, 0) is 73.7 Å². The molecule has 2 atom stereocenters. The number of hydrogen-bond acceptors (Lipinski definition) is 6. The van der Waals surface area contributed by atoms with Crippen LogP contribution < -0.4 is 4.74 Å². The summed E-state index contributed by atoms with van der Waals surface area (Å²) in [6, 6.07) is 16.2. The van der Waals surface area contributed by atoms with Crippen LogP contribution in [0.4, 0.5) is 0 Å². The van der Waals surface area contributed by atoms with Crippen LogP contribution in [0.3, 0.4) is 0 Å². The van der Waals surface area contributed by atoms with Gasteiger partial charge in [-0.3, -0.25) is 0 Å². The summed E-state index contributed by atoms with van der Waals surface area (Å²) in [6.07, 6.45) is 7.93. The molecule has 1 unspecified atom stereocenters. The van der Waals surface area contributed by atoms with Gasteiger partial charge >= 0.3 is 0 Å². The van der Waals surface area contributed by atoms with Gasteiger partial charge in [0.05, 0.1) is 12.7 Å². The van der Waals surface area contributed by atoms with Crippen molar-refractivity contribution in [3.05, 3.63) is 72.3 Å². The van der Waals surface area contributed by atoms with Gasteiger partial charge in [0.15, 0.2) is 0 Å². The fraction of sp³-hybridized carbons (Fsp3) is 0.433. The Bertz CT molecular complexity index is 1230. The highest BCUT2D eigenvalue weighted by atomic mass is 32.2. The quantitative estimate of drug-likeness (QED) is 0.305. The molecule has 1 spiro atoms. The van der Waals surface area contributed by atoms with E-state index in [1.165, 1.54) is 38.0 Å². The maximum absolute atomic E-state index is 9.95. The highest BCUT2D eigenvalue weighted by molar-refractivity contribution is 7.93. The largest absolute Gasteiger partial charge is 0.490 e. The molecule has 0 amide bonds. The molecule has 2 aliphatic rings. The molecule has 1 aromatic heterocycles. The van der Waals surface area contributed by atoms with E-state index in [4.69, 9.17) is 8.92 Å². The van der Waals surface area contributed by atoms with Crippen LogP contribution >= 0.6 is 12.0 Å². The van der Waals surface area contributed by atoms with Gasteiger partial charge in [-0.25, -0.2) is 4.98 Å². The Kier molecular flexibility index (Phi) is 7.92. The van der Waals surface area contributed by atoms with Gasteiger partial charge in [-0.1, -0.05) is 43.0 Å². The standard InChI is InChI=1S/C30H35N3O3S/c1-4-32-20-30(21-32)17-28(18-30)35-27-13-10-25(11-14-27)24-8-5-23(6-9-24)7-12-26(19-34)33-16-15-31-29(33)22(2)36-37-3/h5-6,8-11,13-16,22,26,28,34H,4,17-21H2,1-3H3/t22-,26?/m0/s1. The van der Waals surface area contributed by atoms with E-state index in [2.05, 4.69) is 65.0 Å². The molecule has 6 nitrogen and oxygen atoms in total. The van der Waals surface area contributed by atoms with Crippen LogP contribution in [-0.2, 0) is 4.18 Å². The van der Waals surface area contributed by atoms with Gasteiger partial charge in [-0.2, -0.15) is 0 Å². The number of imidazole rings is 1. The van der Waals surface area contributed by atoms with Crippen molar-refractivity contribution in [2.75, 3.05) is 32.5 Å². The van der Waals surface area contributed by atoms with E-state index in [0.29, 0.717) is 11.5 Å². The smallest absolute Gasteiger partial charge is 0.140 e. The Morgan fingerprint density at radius 3 is 2.41 bits per heavy atom. The lowest BCUT2D eigenvalue weighted by atomic mass is 9.62. The second-order valence-corrected chi connectivity index (χ2v) is 10.6. The minimum atomic E-state index is -0.391. The number of benzene rings is 2. The van der Waals surface area contributed by atoms with Gasteiger partial charge < -0.3 is 23.5 Å². The van der Waals surface area contributed by atoms with E-state index in [9.17, 15) is 5.11 Å². The molecule has 0 radical (unpaired) electrons. The average Bonchev–Trinajstić information content (AvgIpc) is 3.36. The van der Waals surface area contributed by atoms with Gasteiger partial charge in [0.1, 0.15) is 23.7 Å². The predicted molar refractivity (Wildman–Crippen MR) is 148 cm³/mol. The van der Waals surface area contributed by atoms with E-state index in [1.54, 1.807) is 6.20 Å². The monoisotopic (exact) mass is 517 g/mol. The van der Waals surface area contributed by atoms with Crippen LogP contribution in [0.15, 0.2) is 60.9 Å². The first-order chi connectivity index (χ1) is 18.0. The van der Waals surface area contributed by atoms with Gasteiger partial charge in [0.25, 0.3) is 0 Å². The first-order valence-electron chi connectivity index (χ1n) is 13.0. The molecule has 0 bridgehead atoms. The minimum Gasteiger partial charge on any atom is -0.490 e. The number of ether oxygens (including phenoxy) is 1. The van der Waals surface area contributed by atoms with Gasteiger partial charge in [0.2, 0.25) is 0 Å². The van der Waals surface area contributed by atoms with Crippen molar-refractivity contribution in [3.8, 4) is 28.7 Å². The Hall–Kier alpha value is -2.76. The van der Waals surface area contributed by atoms with Crippen molar-refractivity contribution >= 4 is 12.0 Å². The minimum absolute atomic E-state index is 0.103. The molecule has 1 aliphatic carbocycles. The molecule has 1 saturated heterocycles. The summed E-state index contributed by atoms with van der Waals surface area (Å²) < 4.78 is 13.7. The maximum Gasteiger partial charge on any atom is 0.140 e. The second-order valence-electron chi connectivity index (χ2n) is 10.1. The third kappa shape index (κ3) is 5.73. The molecule has 1 N–H and O–H groups in total. The van der Waals surface area contributed by atoms with Crippen LogP contribution in [0.2, 0.25) is 0 Å². The first-order valence-corrected chi connectivity index (χ1v) is 14.1. The molecule has 37 heavy (non-hydrogen) atoms. The summed E-state index contributed by atoms with van der Waals surface area (Å²) >= 11 is 1.30. The molecule has 2 aromatic carbocycles. The average molecular weight is 518 g/mol. The van der Waals surface area contributed by atoms with E-state index in [0.717, 1.165) is 34.8 Å². The number of aromatic nitrogens is 2. The Morgan fingerprint density at radius 1 is 1.11 bits per heavy atom. The third-order valence-electron chi connectivity index (χ3n) is 7.46. The molecule has 5 rings (SSSR count).